The molecule has 0 aromatic rings. The molecule has 0 aliphatic carbocycles. The third kappa shape index (κ3) is 3.60. The standard InChI is InChI=1S/C9H19NO3/c1-7(11)3-8(2)13-6-9(10)4-12-5-9/h7-8,11H,3-6,10H2,1-2H3. The van der Waals surface area contributed by atoms with Gasteiger partial charge in [0.2, 0.25) is 0 Å². The summed E-state index contributed by atoms with van der Waals surface area (Å²) in [6, 6.07) is 0. The predicted molar refractivity (Wildman–Crippen MR) is 49.4 cm³/mol. The van der Waals surface area contributed by atoms with Crippen LogP contribution in [0.15, 0.2) is 0 Å². The summed E-state index contributed by atoms with van der Waals surface area (Å²) < 4.78 is 10.5. The highest BCUT2D eigenvalue weighted by atomic mass is 16.5. The molecule has 0 amide bonds. The van der Waals surface area contributed by atoms with E-state index in [9.17, 15) is 0 Å². The van der Waals surface area contributed by atoms with Gasteiger partial charge in [0.05, 0.1) is 37.6 Å². The maximum absolute atomic E-state index is 9.09. The fraction of sp³-hybridized carbons (Fsp3) is 1.00. The molecule has 0 bridgehead atoms. The first-order valence-corrected chi connectivity index (χ1v) is 4.68. The average molecular weight is 189 g/mol. The minimum atomic E-state index is -0.318. The summed E-state index contributed by atoms with van der Waals surface area (Å²) in [6.45, 7) is 5.36. The van der Waals surface area contributed by atoms with Crippen LogP contribution in [0.3, 0.4) is 0 Å². The van der Waals surface area contributed by atoms with Crippen molar-refractivity contribution in [1.29, 1.82) is 0 Å². The van der Waals surface area contributed by atoms with Gasteiger partial charge in [-0.15, -0.1) is 0 Å². The van der Waals surface area contributed by atoms with Gasteiger partial charge in [-0.1, -0.05) is 0 Å². The molecule has 1 aliphatic heterocycles. The van der Waals surface area contributed by atoms with E-state index in [0.29, 0.717) is 26.2 Å². The molecule has 4 nitrogen and oxygen atoms in total. The van der Waals surface area contributed by atoms with E-state index in [-0.39, 0.29) is 17.7 Å². The van der Waals surface area contributed by atoms with Crippen LogP contribution < -0.4 is 5.73 Å². The quantitative estimate of drug-likeness (QED) is 0.633. The zero-order chi connectivity index (χ0) is 9.90. The molecule has 3 N–H and O–H groups in total. The highest BCUT2D eigenvalue weighted by molar-refractivity contribution is 4.90. The fourth-order valence-electron chi connectivity index (χ4n) is 1.30. The van der Waals surface area contributed by atoms with E-state index in [0.717, 1.165) is 0 Å². The Balaban J connectivity index is 2.10. The van der Waals surface area contributed by atoms with Crippen LogP contribution >= 0.6 is 0 Å². The zero-order valence-electron chi connectivity index (χ0n) is 8.32. The summed E-state index contributed by atoms with van der Waals surface area (Å²) >= 11 is 0. The summed E-state index contributed by atoms with van der Waals surface area (Å²) in [5.74, 6) is 0. The number of rotatable bonds is 5. The topological polar surface area (TPSA) is 64.7 Å². The molecule has 4 heteroatoms. The third-order valence-electron chi connectivity index (χ3n) is 2.11. The SMILES string of the molecule is CC(O)CC(C)OCC1(N)COC1. The Hall–Kier alpha value is -0.160. The van der Waals surface area contributed by atoms with Crippen LogP contribution in [0.5, 0.6) is 0 Å². The van der Waals surface area contributed by atoms with Gasteiger partial charge in [-0.25, -0.2) is 0 Å². The summed E-state index contributed by atoms with van der Waals surface area (Å²) in [7, 11) is 0. The minimum Gasteiger partial charge on any atom is -0.393 e. The average Bonchev–Trinajstić information content (AvgIpc) is 1.96. The Labute approximate surface area is 79.0 Å². The van der Waals surface area contributed by atoms with Crippen molar-refractivity contribution in [3.05, 3.63) is 0 Å². The highest BCUT2D eigenvalue weighted by Crippen LogP contribution is 2.15. The normalized spacial score (nSPS) is 24.9. The first kappa shape index (κ1) is 10.9. The van der Waals surface area contributed by atoms with Crippen molar-refractivity contribution >= 4 is 0 Å². The summed E-state index contributed by atoms with van der Waals surface area (Å²) in [4.78, 5) is 0. The van der Waals surface area contributed by atoms with Gasteiger partial charge in [-0.2, -0.15) is 0 Å². The second-order valence-electron chi connectivity index (χ2n) is 4.06. The Bertz CT molecular complexity index is 157. The van der Waals surface area contributed by atoms with Gasteiger partial charge < -0.3 is 20.3 Å². The van der Waals surface area contributed by atoms with Crippen molar-refractivity contribution < 1.29 is 14.6 Å². The molecule has 1 saturated heterocycles. The third-order valence-corrected chi connectivity index (χ3v) is 2.11. The molecule has 0 saturated carbocycles. The van der Waals surface area contributed by atoms with Crippen LogP contribution in [-0.4, -0.2) is 42.7 Å². The minimum absolute atomic E-state index is 0.0565. The molecule has 0 aromatic carbocycles. The van der Waals surface area contributed by atoms with Gasteiger partial charge >= 0.3 is 0 Å². The van der Waals surface area contributed by atoms with Gasteiger partial charge in [0.1, 0.15) is 0 Å². The van der Waals surface area contributed by atoms with Crippen molar-refractivity contribution in [3.63, 3.8) is 0 Å². The number of nitrogens with two attached hydrogens (primary N) is 1. The second kappa shape index (κ2) is 4.37. The number of ether oxygens (including phenoxy) is 2. The van der Waals surface area contributed by atoms with Crippen molar-refractivity contribution in [1.82, 2.24) is 0 Å². The molecule has 13 heavy (non-hydrogen) atoms. The van der Waals surface area contributed by atoms with Gasteiger partial charge in [0, 0.05) is 0 Å². The van der Waals surface area contributed by atoms with E-state index in [4.69, 9.17) is 20.3 Å². The molecular formula is C9H19NO3. The summed E-state index contributed by atoms with van der Waals surface area (Å²) in [5, 5.41) is 9.09. The van der Waals surface area contributed by atoms with Crippen LogP contribution in [0.25, 0.3) is 0 Å². The van der Waals surface area contributed by atoms with Gasteiger partial charge in [0.25, 0.3) is 0 Å². The summed E-state index contributed by atoms with van der Waals surface area (Å²) in [5.41, 5.74) is 5.58. The molecule has 0 spiro atoms. The number of hydrogen-bond donors (Lipinski definition) is 2. The monoisotopic (exact) mass is 189 g/mol. The van der Waals surface area contributed by atoms with Gasteiger partial charge in [-0.3, -0.25) is 0 Å². The lowest BCUT2D eigenvalue weighted by molar-refractivity contribution is -0.107. The lowest BCUT2D eigenvalue weighted by Gasteiger charge is -2.38. The van der Waals surface area contributed by atoms with Crippen molar-refractivity contribution in [2.24, 2.45) is 5.73 Å². The van der Waals surface area contributed by atoms with E-state index in [1.54, 1.807) is 6.92 Å². The molecule has 1 fully saturated rings. The molecule has 1 rings (SSSR count). The van der Waals surface area contributed by atoms with E-state index in [2.05, 4.69) is 0 Å². The molecule has 0 aromatic heterocycles. The van der Waals surface area contributed by atoms with Crippen molar-refractivity contribution in [3.8, 4) is 0 Å². The highest BCUT2D eigenvalue weighted by Gasteiger charge is 2.34. The number of aliphatic hydroxyl groups is 1. The van der Waals surface area contributed by atoms with Crippen LogP contribution in [0, 0.1) is 0 Å². The van der Waals surface area contributed by atoms with E-state index >= 15 is 0 Å². The maximum atomic E-state index is 9.09. The van der Waals surface area contributed by atoms with Crippen LogP contribution in [0.2, 0.25) is 0 Å². The molecule has 2 unspecified atom stereocenters. The molecule has 0 radical (unpaired) electrons. The van der Waals surface area contributed by atoms with E-state index in [1.165, 1.54) is 0 Å². The lowest BCUT2D eigenvalue weighted by atomic mass is 10.0. The molecule has 2 atom stereocenters. The Morgan fingerprint density at radius 2 is 2.15 bits per heavy atom. The predicted octanol–water partition coefficient (Wildman–Crippen LogP) is -0.110. The van der Waals surface area contributed by atoms with Crippen LogP contribution in [0.4, 0.5) is 0 Å². The number of aliphatic hydroxyl groups excluding tert-OH is 1. The Morgan fingerprint density at radius 3 is 2.54 bits per heavy atom. The van der Waals surface area contributed by atoms with Crippen molar-refractivity contribution in [2.75, 3.05) is 19.8 Å². The first-order valence-electron chi connectivity index (χ1n) is 4.68. The fourth-order valence-corrected chi connectivity index (χ4v) is 1.30. The molecular weight excluding hydrogens is 170 g/mol. The smallest absolute Gasteiger partial charge is 0.0865 e. The molecule has 78 valence electrons. The molecule has 1 aliphatic rings. The maximum Gasteiger partial charge on any atom is 0.0865 e. The van der Waals surface area contributed by atoms with E-state index < -0.39 is 0 Å². The Kier molecular flexibility index (Phi) is 3.67. The lowest BCUT2D eigenvalue weighted by Crippen LogP contribution is -2.60. The largest absolute Gasteiger partial charge is 0.393 e. The first-order chi connectivity index (χ1) is 6.02. The van der Waals surface area contributed by atoms with E-state index in [1.807, 2.05) is 6.92 Å². The second-order valence-corrected chi connectivity index (χ2v) is 4.06. The van der Waals surface area contributed by atoms with Crippen LogP contribution in [-0.2, 0) is 9.47 Å². The van der Waals surface area contributed by atoms with Crippen molar-refractivity contribution in [2.45, 2.75) is 38.0 Å². The van der Waals surface area contributed by atoms with Gasteiger partial charge in [0.15, 0.2) is 0 Å². The van der Waals surface area contributed by atoms with Gasteiger partial charge in [-0.05, 0) is 20.3 Å². The summed E-state index contributed by atoms with van der Waals surface area (Å²) in [6.07, 6.45) is 0.388. The molecule has 1 heterocycles. The Morgan fingerprint density at radius 1 is 1.54 bits per heavy atom. The zero-order valence-corrected chi connectivity index (χ0v) is 8.32. The number of hydrogen-bond acceptors (Lipinski definition) is 4. The van der Waals surface area contributed by atoms with Crippen LogP contribution in [0.1, 0.15) is 20.3 Å².